The van der Waals surface area contributed by atoms with Crippen molar-refractivity contribution in [1.29, 1.82) is 0 Å². The molecule has 4 rings (SSSR count). The number of benzene rings is 2. The fraction of sp³-hybridized carbons (Fsp3) is 0.478. The third kappa shape index (κ3) is 5.20. The molecular formula is C23H30FN3O2S. The maximum Gasteiger partial charge on any atom is 0.238 e. The molecule has 0 bridgehead atoms. The van der Waals surface area contributed by atoms with Crippen molar-refractivity contribution in [3.63, 3.8) is 0 Å². The largest absolute Gasteiger partial charge is 0.372 e. The van der Waals surface area contributed by atoms with Gasteiger partial charge in [0.05, 0.1) is 4.90 Å². The molecule has 162 valence electrons. The second kappa shape index (κ2) is 9.04. The molecular weight excluding hydrogens is 401 g/mol. The van der Waals surface area contributed by atoms with E-state index in [2.05, 4.69) is 15.9 Å². The average molecular weight is 432 g/mol. The van der Waals surface area contributed by atoms with Crippen LogP contribution in [0.25, 0.3) is 0 Å². The number of nitrogens with zero attached hydrogens (tertiary/aromatic N) is 2. The number of anilines is 1. The van der Waals surface area contributed by atoms with Crippen LogP contribution >= 0.6 is 0 Å². The molecule has 2 aromatic carbocycles. The lowest BCUT2D eigenvalue weighted by atomic mass is 9.89. The number of halogens is 1. The predicted octanol–water partition coefficient (Wildman–Crippen LogP) is 3.57. The molecule has 5 nitrogen and oxygen atoms in total. The number of hydrogen-bond acceptors (Lipinski definition) is 4. The van der Waals surface area contributed by atoms with Gasteiger partial charge in [-0.3, -0.25) is 0 Å². The molecule has 0 saturated carbocycles. The summed E-state index contributed by atoms with van der Waals surface area (Å²) in [5.74, 6) is 0.942. The second-order valence-electron chi connectivity index (χ2n) is 8.62. The number of likely N-dealkylation sites (tertiary alicyclic amines) is 1. The molecule has 2 fully saturated rings. The van der Waals surface area contributed by atoms with Gasteiger partial charge in [0.2, 0.25) is 10.0 Å². The number of sulfonamides is 1. The molecule has 0 spiro atoms. The van der Waals surface area contributed by atoms with Crippen molar-refractivity contribution in [2.45, 2.75) is 36.5 Å². The third-order valence-corrected chi connectivity index (χ3v) is 7.42. The lowest BCUT2D eigenvalue weighted by Crippen LogP contribution is -2.42. The number of hydrogen-bond donors (Lipinski definition) is 1. The quantitative estimate of drug-likeness (QED) is 0.786. The normalized spacial score (nSPS) is 21.7. The van der Waals surface area contributed by atoms with E-state index in [4.69, 9.17) is 5.14 Å². The fourth-order valence-corrected chi connectivity index (χ4v) is 5.35. The van der Waals surface area contributed by atoms with Gasteiger partial charge in [-0.15, -0.1) is 0 Å². The van der Waals surface area contributed by atoms with E-state index in [-0.39, 0.29) is 10.7 Å². The van der Waals surface area contributed by atoms with Crippen LogP contribution in [0.2, 0.25) is 0 Å². The zero-order chi connectivity index (χ0) is 21.1. The molecule has 30 heavy (non-hydrogen) atoms. The minimum absolute atomic E-state index is 0.144. The van der Waals surface area contributed by atoms with Crippen LogP contribution in [-0.4, -0.2) is 46.0 Å². The third-order valence-electron chi connectivity index (χ3n) is 6.49. The Balaban J connectivity index is 1.29. The Kier molecular flexibility index (Phi) is 6.41. The van der Waals surface area contributed by atoms with E-state index in [9.17, 15) is 12.8 Å². The summed E-state index contributed by atoms with van der Waals surface area (Å²) in [6.45, 7) is 5.19. The van der Waals surface area contributed by atoms with Crippen LogP contribution in [0.15, 0.2) is 53.4 Å². The molecule has 0 aliphatic carbocycles. The molecule has 0 aromatic heterocycles. The highest BCUT2D eigenvalue weighted by Gasteiger charge is 2.26. The van der Waals surface area contributed by atoms with Crippen LogP contribution in [0, 0.1) is 11.7 Å². The van der Waals surface area contributed by atoms with Crippen molar-refractivity contribution in [3.05, 3.63) is 59.9 Å². The average Bonchev–Trinajstić information content (AvgIpc) is 2.74. The summed E-state index contributed by atoms with van der Waals surface area (Å²) in [5, 5.41) is 5.18. The van der Waals surface area contributed by atoms with E-state index in [0.717, 1.165) is 69.7 Å². The Morgan fingerprint density at radius 2 is 1.73 bits per heavy atom. The molecule has 2 aliphatic rings. The first-order valence-corrected chi connectivity index (χ1v) is 12.3. The van der Waals surface area contributed by atoms with Crippen LogP contribution < -0.4 is 10.0 Å². The Labute approximate surface area is 178 Å². The first-order valence-electron chi connectivity index (χ1n) is 10.7. The van der Waals surface area contributed by atoms with E-state index in [0.29, 0.717) is 11.8 Å². The zero-order valence-corrected chi connectivity index (χ0v) is 18.0. The van der Waals surface area contributed by atoms with Gasteiger partial charge in [-0.1, -0.05) is 12.1 Å². The summed E-state index contributed by atoms with van der Waals surface area (Å²) in [4.78, 5) is 5.02. The molecule has 7 heteroatoms. The Morgan fingerprint density at radius 1 is 1.00 bits per heavy atom. The zero-order valence-electron chi connectivity index (χ0n) is 17.2. The van der Waals surface area contributed by atoms with Crippen molar-refractivity contribution >= 4 is 15.7 Å². The number of primary sulfonamides is 1. The summed E-state index contributed by atoms with van der Waals surface area (Å²) in [6, 6.07) is 13.9. The van der Waals surface area contributed by atoms with Gasteiger partial charge in [0.15, 0.2) is 0 Å². The molecule has 0 radical (unpaired) electrons. The van der Waals surface area contributed by atoms with Crippen molar-refractivity contribution in [1.82, 2.24) is 4.90 Å². The van der Waals surface area contributed by atoms with Gasteiger partial charge in [0, 0.05) is 31.9 Å². The summed E-state index contributed by atoms with van der Waals surface area (Å²) in [5.41, 5.74) is 2.17. The maximum atomic E-state index is 13.6. The summed E-state index contributed by atoms with van der Waals surface area (Å²) in [6.07, 6.45) is 4.54. The topological polar surface area (TPSA) is 66.6 Å². The Hall–Kier alpha value is -1.96. The van der Waals surface area contributed by atoms with Crippen molar-refractivity contribution < 1.29 is 12.8 Å². The molecule has 2 aliphatic heterocycles. The maximum absolute atomic E-state index is 13.6. The van der Waals surface area contributed by atoms with Crippen molar-refractivity contribution in [2.75, 3.05) is 37.6 Å². The first-order chi connectivity index (χ1) is 14.4. The van der Waals surface area contributed by atoms with Gasteiger partial charge in [0.1, 0.15) is 5.82 Å². The molecule has 2 aromatic rings. The van der Waals surface area contributed by atoms with Crippen LogP contribution in [0.4, 0.5) is 10.1 Å². The second-order valence-corrected chi connectivity index (χ2v) is 10.2. The minimum Gasteiger partial charge on any atom is -0.372 e. The molecule has 1 unspecified atom stereocenters. The van der Waals surface area contributed by atoms with E-state index in [1.807, 2.05) is 18.2 Å². The summed E-state index contributed by atoms with van der Waals surface area (Å²) >= 11 is 0. The number of rotatable bonds is 5. The van der Waals surface area contributed by atoms with Gasteiger partial charge >= 0.3 is 0 Å². The Bertz CT molecular complexity index is 957. The highest BCUT2D eigenvalue weighted by atomic mass is 32.2. The summed E-state index contributed by atoms with van der Waals surface area (Å²) in [7, 11) is -3.65. The SMILES string of the molecule is NS(=O)(=O)c1ccc(N2CCC(CN3CCCC(c4cccc(F)c4)C3)CC2)cc1. The molecule has 1 atom stereocenters. The number of piperidine rings is 2. The molecule has 2 saturated heterocycles. The molecule has 0 amide bonds. The first kappa shape index (κ1) is 21.3. The fourth-order valence-electron chi connectivity index (χ4n) is 4.84. The minimum atomic E-state index is -3.65. The summed E-state index contributed by atoms with van der Waals surface area (Å²) < 4.78 is 36.4. The van der Waals surface area contributed by atoms with Crippen LogP contribution in [0.3, 0.4) is 0 Å². The highest BCUT2D eigenvalue weighted by Crippen LogP contribution is 2.30. The van der Waals surface area contributed by atoms with Crippen molar-refractivity contribution in [3.8, 4) is 0 Å². The van der Waals surface area contributed by atoms with Gasteiger partial charge in [-0.2, -0.15) is 0 Å². The van der Waals surface area contributed by atoms with Crippen LogP contribution in [0.1, 0.15) is 37.2 Å². The lowest BCUT2D eigenvalue weighted by molar-refractivity contribution is 0.167. The van der Waals surface area contributed by atoms with Gasteiger partial charge in [0.25, 0.3) is 0 Å². The van der Waals surface area contributed by atoms with E-state index < -0.39 is 10.0 Å². The van der Waals surface area contributed by atoms with E-state index >= 15 is 0 Å². The van der Waals surface area contributed by atoms with Gasteiger partial charge in [-0.25, -0.2) is 17.9 Å². The predicted molar refractivity (Wildman–Crippen MR) is 118 cm³/mol. The Morgan fingerprint density at radius 3 is 2.40 bits per heavy atom. The van der Waals surface area contributed by atoms with Crippen LogP contribution in [-0.2, 0) is 10.0 Å². The lowest BCUT2D eigenvalue weighted by Gasteiger charge is -2.39. The number of nitrogens with two attached hydrogens (primary N) is 1. The van der Waals surface area contributed by atoms with Crippen molar-refractivity contribution in [2.24, 2.45) is 11.1 Å². The van der Waals surface area contributed by atoms with E-state index in [1.54, 1.807) is 18.2 Å². The standard InChI is InChI=1S/C23H30FN3O2S/c24-21-5-1-3-19(15-21)20-4-2-12-26(17-20)16-18-10-13-27(14-11-18)22-6-8-23(9-7-22)30(25,28)29/h1,3,5-9,15,18,20H,2,4,10-14,16-17H2,(H2,25,28,29). The van der Waals surface area contributed by atoms with E-state index in [1.165, 1.54) is 6.07 Å². The van der Waals surface area contributed by atoms with Gasteiger partial charge in [-0.05, 0) is 86.0 Å². The molecule has 2 heterocycles. The smallest absolute Gasteiger partial charge is 0.238 e. The monoisotopic (exact) mass is 431 g/mol. The van der Waals surface area contributed by atoms with Gasteiger partial charge < -0.3 is 9.80 Å². The van der Waals surface area contributed by atoms with Crippen LogP contribution in [0.5, 0.6) is 0 Å². The molecule has 2 N–H and O–H groups in total. The highest BCUT2D eigenvalue weighted by molar-refractivity contribution is 7.89.